The summed E-state index contributed by atoms with van der Waals surface area (Å²) in [6.07, 6.45) is 13.7. The van der Waals surface area contributed by atoms with Crippen LogP contribution in [-0.2, 0) is 14.3 Å². The zero-order valence-electron chi connectivity index (χ0n) is 15.2. The Labute approximate surface area is 149 Å². The lowest BCUT2D eigenvalue weighted by molar-refractivity contribution is -0.107. The van der Waals surface area contributed by atoms with Crippen molar-refractivity contribution >= 4 is 6.29 Å². The van der Waals surface area contributed by atoms with E-state index in [1.807, 2.05) is 32.2 Å². The van der Waals surface area contributed by atoms with Crippen molar-refractivity contribution < 1.29 is 14.3 Å². The molecule has 5 nitrogen and oxygen atoms in total. The second-order valence-corrected chi connectivity index (χ2v) is 6.19. The lowest BCUT2D eigenvalue weighted by Crippen LogP contribution is -2.09. The van der Waals surface area contributed by atoms with Gasteiger partial charge in [0.25, 0.3) is 0 Å². The molecular formula is C20H28N2O3. The van der Waals surface area contributed by atoms with Gasteiger partial charge in [-0.3, -0.25) is 0 Å². The first-order chi connectivity index (χ1) is 12.1. The van der Waals surface area contributed by atoms with E-state index >= 15 is 0 Å². The third kappa shape index (κ3) is 5.55. The molecule has 136 valence electrons. The normalized spacial score (nSPS) is 29.0. The van der Waals surface area contributed by atoms with Gasteiger partial charge < -0.3 is 25.3 Å². The molecule has 1 aliphatic carbocycles. The first-order valence-electron chi connectivity index (χ1n) is 8.80. The Morgan fingerprint density at radius 2 is 2.28 bits per heavy atom. The van der Waals surface area contributed by atoms with Gasteiger partial charge in [-0.25, -0.2) is 0 Å². The summed E-state index contributed by atoms with van der Waals surface area (Å²) in [7, 11) is 1.87. The number of fused-ring (bicyclic) bond motifs is 1. The summed E-state index contributed by atoms with van der Waals surface area (Å²) < 4.78 is 11.8. The van der Waals surface area contributed by atoms with Crippen molar-refractivity contribution in [2.24, 2.45) is 11.7 Å². The average Bonchev–Trinajstić information content (AvgIpc) is 3.33. The van der Waals surface area contributed by atoms with Crippen LogP contribution in [0.2, 0.25) is 0 Å². The fraction of sp³-hybridized carbons (Fsp3) is 0.450. The number of allylic oxidation sites excluding steroid dienone is 6. The summed E-state index contributed by atoms with van der Waals surface area (Å²) in [6.45, 7) is 4.05. The van der Waals surface area contributed by atoms with Crippen LogP contribution in [0.25, 0.3) is 0 Å². The van der Waals surface area contributed by atoms with Crippen LogP contribution in [0.1, 0.15) is 39.5 Å². The molecule has 25 heavy (non-hydrogen) atoms. The zero-order valence-corrected chi connectivity index (χ0v) is 15.2. The number of hydrogen-bond acceptors (Lipinski definition) is 5. The smallest absolute Gasteiger partial charge is 0.184 e. The Morgan fingerprint density at radius 1 is 1.48 bits per heavy atom. The molecule has 0 bridgehead atoms. The minimum Gasteiger partial charge on any atom is -0.475 e. The summed E-state index contributed by atoms with van der Waals surface area (Å²) in [5, 5.41) is 3.16. The number of carbonyl (C=O) groups is 1. The van der Waals surface area contributed by atoms with Crippen molar-refractivity contribution in [2.75, 3.05) is 7.05 Å². The first-order valence-corrected chi connectivity index (χ1v) is 8.80. The summed E-state index contributed by atoms with van der Waals surface area (Å²) in [4.78, 5) is 10.8. The highest BCUT2D eigenvalue weighted by molar-refractivity contribution is 5.51. The standard InChI is InChI=1S/C20H28N2O3/c1-4-6-18(17(7-5-12-23)14(2)22-3)24-16-9-8-15-13-19(15)25-20(21)11-10-16/h6,8-12,15,19,22H,4-5,7,13,21H2,1-3H3/b9-8+,16-10+,17-14+,18-6+,20-11+/t15-,19+/m0/s1. The summed E-state index contributed by atoms with van der Waals surface area (Å²) in [5.41, 5.74) is 7.87. The third-order valence-corrected chi connectivity index (χ3v) is 4.24. The molecular weight excluding hydrogens is 316 g/mol. The maximum atomic E-state index is 10.8. The van der Waals surface area contributed by atoms with Crippen molar-refractivity contribution in [3.8, 4) is 0 Å². The van der Waals surface area contributed by atoms with E-state index < -0.39 is 0 Å². The molecule has 0 spiro atoms. The Hall–Kier alpha value is -2.43. The van der Waals surface area contributed by atoms with Gasteiger partial charge in [0.1, 0.15) is 23.9 Å². The third-order valence-electron chi connectivity index (χ3n) is 4.24. The van der Waals surface area contributed by atoms with Gasteiger partial charge in [-0.15, -0.1) is 0 Å². The summed E-state index contributed by atoms with van der Waals surface area (Å²) in [5.74, 6) is 2.26. The monoisotopic (exact) mass is 344 g/mol. The highest BCUT2D eigenvalue weighted by Gasteiger charge is 2.37. The Morgan fingerprint density at radius 3 is 2.96 bits per heavy atom. The molecule has 1 fully saturated rings. The van der Waals surface area contributed by atoms with Crippen LogP contribution in [0.15, 0.2) is 59.1 Å². The first kappa shape index (κ1) is 18.9. The van der Waals surface area contributed by atoms with Crippen molar-refractivity contribution in [3.05, 3.63) is 59.1 Å². The van der Waals surface area contributed by atoms with Crippen LogP contribution >= 0.6 is 0 Å². The van der Waals surface area contributed by atoms with Gasteiger partial charge >= 0.3 is 0 Å². The van der Waals surface area contributed by atoms with E-state index in [4.69, 9.17) is 15.2 Å². The topological polar surface area (TPSA) is 73.6 Å². The van der Waals surface area contributed by atoms with Gasteiger partial charge in [-0.05, 0) is 44.4 Å². The summed E-state index contributed by atoms with van der Waals surface area (Å²) in [6, 6.07) is 0. The number of aldehydes is 1. The molecule has 1 saturated carbocycles. The molecule has 0 aromatic carbocycles. The van der Waals surface area contributed by atoms with Crippen LogP contribution in [0.5, 0.6) is 0 Å². The van der Waals surface area contributed by atoms with E-state index in [0.717, 1.165) is 36.2 Å². The molecule has 0 amide bonds. The molecule has 3 N–H and O–H groups in total. The van der Waals surface area contributed by atoms with Gasteiger partial charge in [0.05, 0.1) is 0 Å². The fourth-order valence-electron chi connectivity index (χ4n) is 2.64. The van der Waals surface area contributed by atoms with E-state index in [0.29, 0.717) is 30.4 Å². The quantitative estimate of drug-likeness (QED) is 0.401. The minimum atomic E-state index is 0.181. The highest BCUT2D eigenvalue weighted by Crippen LogP contribution is 2.37. The lowest BCUT2D eigenvalue weighted by Gasteiger charge is -2.17. The molecule has 0 aromatic heterocycles. The highest BCUT2D eigenvalue weighted by atomic mass is 16.5. The number of ether oxygens (including phenoxy) is 2. The number of hydrogen-bond donors (Lipinski definition) is 2. The van der Waals surface area contributed by atoms with Crippen molar-refractivity contribution in [1.82, 2.24) is 5.32 Å². The van der Waals surface area contributed by atoms with E-state index in [1.165, 1.54) is 0 Å². The average molecular weight is 344 g/mol. The number of rotatable bonds is 8. The largest absolute Gasteiger partial charge is 0.475 e. The molecule has 5 heteroatoms. The van der Waals surface area contributed by atoms with Crippen molar-refractivity contribution in [2.45, 2.75) is 45.6 Å². The van der Waals surface area contributed by atoms with Gasteiger partial charge in [-0.1, -0.05) is 13.0 Å². The molecule has 0 aromatic rings. The van der Waals surface area contributed by atoms with E-state index in [-0.39, 0.29) is 6.10 Å². The van der Waals surface area contributed by atoms with Gasteiger partial charge in [0.2, 0.25) is 0 Å². The van der Waals surface area contributed by atoms with Crippen LogP contribution in [-0.4, -0.2) is 19.4 Å². The molecule has 0 unspecified atom stereocenters. The second-order valence-electron chi connectivity index (χ2n) is 6.19. The zero-order chi connectivity index (χ0) is 18.2. The predicted octanol–water partition coefficient (Wildman–Crippen LogP) is 3.43. The van der Waals surface area contributed by atoms with Crippen LogP contribution in [0.3, 0.4) is 0 Å². The second kappa shape index (κ2) is 9.16. The fourth-order valence-corrected chi connectivity index (χ4v) is 2.64. The molecule has 1 heterocycles. The van der Waals surface area contributed by atoms with Crippen LogP contribution < -0.4 is 11.1 Å². The Kier molecular flexibility index (Phi) is 6.92. The molecule has 0 saturated heterocycles. The van der Waals surface area contributed by atoms with E-state index in [2.05, 4.69) is 18.3 Å². The predicted molar refractivity (Wildman–Crippen MR) is 99.0 cm³/mol. The molecule has 0 radical (unpaired) electrons. The minimum absolute atomic E-state index is 0.181. The maximum Gasteiger partial charge on any atom is 0.184 e. The lowest BCUT2D eigenvalue weighted by atomic mass is 10.1. The van der Waals surface area contributed by atoms with Gasteiger partial charge in [0, 0.05) is 36.7 Å². The summed E-state index contributed by atoms with van der Waals surface area (Å²) >= 11 is 0. The van der Waals surface area contributed by atoms with E-state index in [1.54, 1.807) is 6.08 Å². The molecule has 2 atom stereocenters. The number of nitrogens with two attached hydrogens (primary N) is 1. The number of carbonyl (C=O) groups excluding carboxylic acids is 1. The van der Waals surface area contributed by atoms with Crippen molar-refractivity contribution in [3.63, 3.8) is 0 Å². The van der Waals surface area contributed by atoms with Crippen LogP contribution in [0.4, 0.5) is 0 Å². The Bertz CT molecular complexity index is 641. The molecule has 1 aliphatic heterocycles. The van der Waals surface area contributed by atoms with Gasteiger partial charge in [-0.2, -0.15) is 0 Å². The van der Waals surface area contributed by atoms with Gasteiger partial charge in [0.15, 0.2) is 5.88 Å². The maximum absolute atomic E-state index is 10.8. The van der Waals surface area contributed by atoms with Crippen LogP contribution in [0, 0.1) is 5.92 Å². The Balaban J connectivity index is 2.27. The SMILES string of the molecule is CC/C=C(OC1=C/C=C(\N)O[C@@H]2C[C@@H]2\C=C\1)\C(CCC=O)=C(/C)NC. The molecule has 2 aliphatic rings. The molecule has 2 rings (SSSR count). The number of nitrogens with one attached hydrogen (secondary N) is 1. The van der Waals surface area contributed by atoms with Crippen molar-refractivity contribution in [1.29, 1.82) is 0 Å². The van der Waals surface area contributed by atoms with E-state index in [9.17, 15) is 4.79 Å².